The van der Waals surface area contributed by atoms with Crippen LogP contribution < -0.4 is 0 Å². The molecular weight excluding hydrogens is 184 g/mol. The van der Waals surface area contributed by atoms with Crippen molar-refractivity contribution in [2.24, 2.45) is 11.8 Å². The third-order valence-electron chi connectivity index (χ3n) is 1.84. The maximum atomic E-state index is 11.5. The average molecular weight is 202 g/mol. The van der Waals surface area contributed by atoms with Crippen LogP contribution in [0.1, 0.15) is 20.8 Å². The summed E-state index contributed by atoms with van der Waals surface area (Å²) in [5.74, 6) is -1.43. The lowest BCUT2D eigenvalue weighted by Crippen LogP contribution is -2.33. The summed E-state index contributed by atoms with van der Waals surface area (Å²) >= 11 is 0. The highest BCUT2D eigenvalue weighted by atomic mass is 16.5. The molecule has 0 bridgehead atoms. The molecule has 0 radical (unpaired) electrons. The van der Waals surface area contributed by atoms with Gasteiger partial charge in [-0.15, -0.1) is 0 Å². The van der Waals surface area contributed by atoms with Crippen molar-refractivity contribution >= 4 is 11.8 Å². The Kier molecular flexibility index (Phi) is 6.12. The molecule has 4 nitrogen and oxygen atoms in total. The van der Waals surface area contributed by atoms with Gasteiger partial charge >= 0.3 is 5.97 Å². The molecule has 0 rings (SSSR count). The molecule has 0 saturated heterocycles. The molecule has 0 aliphatic carbocycles. The lowest BCUT2D eigenvalue weighted by Gasteiger charge is -2.17. The van der Waals surface area contributed by atoms with Crippen molar-refractivity contribution in [3.63, 3.8) is 0 Å². The zero-order valence-electron chi connectivity index (χ0n) is 9.20. The first-order valence-electron chi connectivity index (χ1n) is 4.72. The van der Waals surface area contributed by atoms with E-state index in [0.717, 1.165) is 0 Å². The Bertz CT molecular complexity index is 180. The maximum Gasteiger partial charge on any atom is 0.316 e. The van der Waals surface area contributed by atoms with Crippen LogP contribution >= 0.6 is 0 Å². The van der Waals surface area contributed by atoms with Gasteiger partial charge in [-0.25, -0.2) is 0 Å². The Morgan fingerprint density at radius 3 is 2.21 bits per heavy atom. The molecule has 0 aromatic carbocycles. The molecule has 82 valence electrons. The number of ketones is 1. The highest BCUT2D eigenvalue weighted by molar-refractivity contribution is 5.99. The van der Waals surface area contributed by atoms with Gasteiger partial charge in [0.2, 0.25) is 0 Å². The normalized spacial score (nSPS) is 12.6. The van der Waals surface area contributed by atoms with Crippen LogP contribution in [0.25, 0.3) is 0 Å². The third-order valence-corrected chi connectivity index (χ3v) is 1.84. The third kappa shape index (κ3) is 3.87. The van der Waals surface area contributed by atoms with Gasteiger partial charge in [-0.1, -0.05) is 13.8 Å². The fourth-order valence-corrected chi connectivity index (χ4v) is 1.24. The Labute approximate surface area is 84.6 Å². The molecule has 1 unspecified atom stereocenters. The first-order chi connectivity index (χ1) is 6.54. The summed E-state index contributed by atoms with van der Waals surface area (Å²) in [4.78, 5) is 22.9. The monoisotopic (exact) mass is 202 g/mol. The number of carbonyl (C=O) groups is 2. The van der Waals surface area contributed by atoms with Gasteiger partial charge in [0.15, 0.2) is 5.78 Å². The van der Waals surface area contributed by atoms with Crippen LogP contribution in [0.4, 0.5) is 0 Å². The highest BCUT2D eigenvalue weighted by Gasteiger charge is 2.30. The summed E-state index contributed by atoms with van der Waals surface area (Å²) < 4.78 is 9.52. The van der Waals surface area contributed by atoms with Crippen molar-refractivity contribution in [3.8, 4) is 0 Å². The van der Waals surface area contributed by atoms with Crippen LogP contribution in [0, 0.1) is 11.8 Å². The molecule has 0 aromatic heterocycles. The minimum absolute atomic E-state index is 0.0400. The number of esters is 1. The van der Waals surface area contributed by atoms with E-state index in [0.29, 0.717) is 6.61 Å². The number of rotatable bonds is 6. The Hall–Kier alpha value is -0.900. The molecule has 14 heavy (non-hydrogen) atoms. The summed E-state index contributed by atoms with van der Waals surface area (Å²) in [5, 5.41) is 0. The molecule has 0 fully saturated rings. The Morgan fingerprint density at radius 2 is 1.86 bits per heavy atom. The SMILES string of the molecule is CCOC(=O)C(C(=O)COC)C(C)C. The van der Waals surface area contributed by atoms with Gasteiger partial charge in [-0.3, -0.25) is 9.59 Å². The Morgan fingerprint density at radius 1 is 1.29 bits per heavy atom. The van der Waals surface area contributed by atoms with E-state index in [1.54, 1.807) is 6.92 Å². The predicted molar refractivity (Wildman–Crippen MR) is 51.8 cm³/mol. The van der Waals surface area contributed by atoms with E-state index in [2.05, 4.69) is 0 Å². The summed E-state index contributed by atoms with van der Waals surface area (Å²) in [6, 6.07) is 0. The molecule has 0 saturated carbocycles. The molecule has 0 aromatic rings. The minimum Gasteiger partial charge on any atom is -0.465 e. The highest BCUT2D eigenvalue weighted by Crippen LogP contribution is 2.14. The fraction of sp³-hybridized carbons (Fsp3) is 0.800. The molecule has 0 aliphatic heterocycles. The van der Waals surface area contributed by atoms with Gasteiger partial charge in [0.05, 0.1) is 6.61 Å². The van der Waals surface area contributed by atoms with Crippen LogP contribution in [0.3, 0.4) is 0 Å². The number of hydrogen-bond donors (Lipinski definition) is 0. The van der Waals surface area contributed by atoms with Crippen LogP contribution in [-0.2, 0) is 19.1 Å². The molecular formula is C10H18O4. The second-order valence-corrected chi connectivity index (χ2v) is 3.37. The quantitative estimate of drug-likeness (QED) is 0.477. The van der Waals surface area contributed by atoms with E-state index in [1.807, 2.05) is 13.8 Å². The summed E-state index contributed by atoms with van der Waals surface area (Å²) in [6.45, 7) is 5.60. The van der Waals surface area contributed by atoms with E-state index >= 15 is 0 Å². The predicted octanol–water partition coefficient (Wildman–Crippen LogP) is 1.04. The standard InChI is InChI=1S/C10H18O4/c1-5-14-10(12)9(7(2)3)8(11)6-13-4/h7,9H,5-6H2,1-4H3. The topological polar surface area (TPSA) is 52.6 Å². The van der Waals surface area contributed by atoms with E-state index in [-0.39, 0.29) is 18.3 Å². The van der Waals surface area contributed by atoms with Gasteiger partial charge in [0.1, 0.15) is 12.5 Å². The van der Waals surface area contributed by atoms with Gasteiger partial charge in [0.25, 0.3) is 0 Å². The van der Waals surface area contributed by atoms with Crippen LogP contribution in [0.2, 0.25) is 0 Å². The number of ether oxygens (including phenoxy) is 2. The molecule has 0 spiro atoms. The smallest absolute Gasteiger partial charge is 0.316 e. The van der Waals surface area contributed by atoms with Crippen molar-refractivity contribution in [1.29, 1.82) is 0 Å². The zero-order valence-corrected chi connectivity index (χ0v) is 9.20. The summed E-state index contributed by atoms with van der Waals surface area (Å²) in [7, 11) is 1.43. The molecule has 1 atom stereocenters. The molecule has 0 heterocycles. The van der Waals surface area contributed by atoms with E-state index in [1.165, 1.54) is 7.11 Å². The Balaban J connectivity index is 4.42. The lowest BCUT2D eigenvalue weighted by atomic mass is 9.92. The maximum absolute atomic E-state index is 11.5. The van der Waals surface area contributed by atoms with Crippen LogP contribution in [0.15, 0.2) is 0 Å². The number of Topliss-reactive ketones (excluding diaryl/α,β-unsaturated/α-hetero) is 1. The van der Waals surface area contributed by atoms with E-state index in [4.69, 9.17) is 9.47 Å². The van der Waals surface area contributed by atoms with Crippen LogP contribution in [0.5, 0.6) is 0 Å². The van der Waals surface area contributed by atoms with Gasteiger partial charge < -0.3 is 9.47 Å². The van der Waals surface area contributed by atoms with Gasteiger partial charge in [-0.2, -0.15) is 0 Å². The van der Waals surface area contributed by atoms with Crippen LogP contribution in [-0.4, -0.2) is 32.1 Å². The fourth-order valence-electron chi connectivity index (χ4n) is 1.24. The molecule has 4 heteroatoms. The summed E-state index contributed by atoms with van der Waals surface area (Å²) in [5.41, 5.74) is 0. The van der Waals surface area contributed by atoms with Crippen molar-refractivity contribution in [3.05, 3.63) is 0 Å². The van der Waals surface area contributed by atoms with Crippen molar-refractivity contribution in [2.75, 3.05) is 20.3 Å². The lowest BCUT2D eigenvalue weighted by molar-refractivity contribution is -0.154. The second-order valence-electron chi connectivity index (χ2n) is 3.37. The largest absolute Gasteiger partial charge is 0.465 e. The molecule has 0 N–H and O–H groups in total. The first kappa shape index (κ1) is 13.1. The van der Waals surface area contributed by atoms with Gasteiger partial charge in [0, 0.05) is 7.11 Å². The van der Waals surface area contributed by atoms with Crippen molar-refractivity contribution in [2.45, 2.75) is 20.8 Å². The van der Waals surface area contributed by atoms with E-state index in [9.17, 15) is 9.59 Å². The van der Waals surface area contributed by atoms with E-state index < -0.39 is 11.9 Å². The van der Waals surface area contributed by atoms with Crippen molar-refractivity contribution < 1.29 is 19.1 Å². The first-order valence-corrected chi connectivity index (χ1v) is 4.72. The summed E-state index contributed by atoms with van der Waals surface area (Å²) in [6.07, 6.45) is 0. The van der Waals surface area contributed by atoms with Crippen molar-refractivity contribution in [1.82, 2.24) is 0 Å². The molecule has 0 aliphatic rings. The number of carbonyl (C=O) groups excluding carboxylic acids is 2. The number of methoxy groups -OCH3 is 1. The second kappa shape index (κ2) is 6.54. The zero-order chi connectivity index (χ0) is 11.1. The minimum atomic E-state index is -0.699. The molecule has 0 amide bonds. The van der Waals surface area contributed by atoms with Gasteiger partial charge in [-0.05, 0) is 12.8 Å². The average Bonchev–Trinajstić information content (AvgIpc) is 2.04. The number of hydrogen-bond acceptors (Lipinski definition) is 4.